The Kier molecular flexibility index (Phi) is 6.14. The number of nitrogens with one attached hydrogen (secondary N) is 1. The number of hydrogen-bond donors (Lipinski definition) is 1. The van der Waals surface area contributed by atoms with Gasteiger partial charge in [-0.3, -0.25) is 4.68 Å². The summed E-state index contributed by atoms with van der Waals surface area (Å²) in [6.07, 6.45) is -1.57. The first-order valence-corrected chi connectivity index (χ1v) is 5.92. The lowest BCUT2D eigenvalue weighted by atomic mass is 10.4. The summed E-state index contributed by atoms with van der Waals surface area (Å²) in [5.74, 6) is 0. The Labute approximate surface area is 104 Å². The van der Waals surface area contributed by atoms with Gasteiger partial charge < -0.3 is 10.1 Å². The highest BCUT2D eigenvalue weighted by atomic mass is 19.4. The van der Waals surface area contributed by atoms with Gasteiger partial charge in [-0.1, -0.05) is 0 Å². The van der Waals surface area contributed by atoms with Crippen molar-refractivity contribution in [3.05, 3.63) is 18.0 Å². The molecule has 0 saturated carbocycles. The molecule has 0 radical (unpaired) electrons. The van der Waals surface area contributed by atoms with E-state index in [0.29, 0.717) is 26.3 Å². The normalized spacial score (nSPS) is 12.0. The van der Waals surface area contributed by atoms with Crippen LogP contribution >= 0.6 is 0 Å². The summed E-state index contributed by atoms with van der Waals surface area (Å²) >= 11 is 0. The SMILES string of the molecule is CCOCCCNCCn1cc(C(F)(F)F)cn1. The smallest absolute Gasteiger partial charge is 0.382 e. The molecule has 0 fully saturated rings. The molecule has 0 spiro atoms. The molecular formula is C11H18F3N3O. The zero-order valence-electron chi connectivity index (χ0n) is 10.3. The van der Waals surface area contributed by atoms with Crippen molar-refractivity contribution < 1.29 is 17.9 Å². The highest BCUT2D eigenvalue weighted by Crippen LogP contribution is 2.28. The average Bonchev–Trinajstić information content (AvgIpc) is 2.76. The van der Waals surface area contributed by atoms with E-state index in [1.807, 2.05) is 6.92 Å². The molecule has 18 heavy (non-hydrogen) atoms. The summed E-state index contributed by atoms with van der Waals surface area (Å²) in [5, 5.41) is 6.78. The monoisotopic (exact) mass is 265 g/mol. The zero-order chi connectivity index (χ0) is 13.4. The summed E-state index contributed by atoms with van der Waals surface area (Å²) < 4.78 is 43.3. The van der Waals surface area contributed by atoms with Gasteiger partial charge in [0, 0.05) is 26.0 Å². The van der Waals surface area contributed by atoms with Crippen LogP contribution < -0.4 is 5.32 Å². The lowest BCUT2D eigenvalue weighted by molar-refractivity contribution is -0.137. The predicted octanol–water partition coefficient (Wildman–Crippen LogP) is 1.92. The fraction of sp³-hybridized carbons (Fsp3) is 0.727. The molecule has 0 aromatic carbocycles. The number of halogens is 3. The molecule has 1 aromatic rings. The van der Waals surface area contributed by atoms with Gasteiger partial charge in [0.15, 0.2) is 0 Å². The van der Waals surface area contributed by atoms with Crippen LogP contribution in [0.15, 0.2) is 12.4 Å². The second-order valence-electron chi connectivity index (χ2n) is 3.79. The molecule has 0 bridgehead atoms. The van der Waals surface area contributed by atoms with Crippen molar-refractivity contribution >= 4 is 0 Å². The van der Waals surface area contributed by atoms with Gasteiger partial charge in [-0.25, -0.2) is 0 Å². The lowest BCUT2D eigenvalue weighted by Gasteiger charge is -2.05. The number of nitrogens with zero attached hydrogens (tertiary/aromatic N) is 2. The minimum atomic E-state index is -4.32. The Balaban J connectivity index is 2.14. The number of aromatic nitrogens is 2. The van der Waals surface area contributed by atoms with Gasteiger partial charge >= 0.3 is 6.18 Å². The molecule has 1 rings (SSSR count). The molecule has 0 atom stereocenters. The first-order chi connectivity index (χ1) is 8.54. The summed E-state index contributed by atoms with van der Waals surface area (Å²) in [7, 11) is 0. The minimum Gasteiger partial charge on any atom is -0.382 e. The molecule has 7 heteroatoms. The van der Waals surface area contributed by atoms with E-state index >= 15 is 0 Å². The van der Waals surface area contributed by atoms with Gasteiger partial charge in [0.2, 0.25) is 0 Å². The molecule has 0 aliphatic heterocycles. The summed E-state index contributed by atoms with van der Waals surface area (Å²) in [4.78, 5) is 0. The number of hydrogen-bond acceptors (Lipinski definition) is 3. The Morgan fingerprint density at radius 2 is 2.17 bits per heavy atom. The van der Waals surface area contributed by atoms with E-state index in [4.69, 9.17) is 4.74 Å². The van der Waals surface area contributed by atoms with Gasteiger partial charge in [-0.15, -0.1) is 0 Å². The van der Waals surface area contributed by atoms with Gasteiger partial charge in [0.05, 0.1) is 18.3 Å². The van der Waals surface area contributed by atoms with Crippen LogP contribution in [0.3, 0.4) is 0 Å². The molecule has 1 heterocycles. The van der Waals surface area contributed by atoms with Crippen molar-refractivity contribution in [2.24, 2.45) is 0 Å². The maximum absolute atomic E-state index is 12.3. The van der Waals surface area contributed by atoms with Crippen LogP contribution in [0.4, 0.5) is 13.2 Å². The first kappa shape index (κ1) is 15.0. The first-order valence-electron chi connectivity index (χ1n) is 5.92. The molecule has 0 aliphatic rings. The molecule has 104 valence electrons. The zero-order valence-corrected chi connectivity index (χ0v) is 10.3. The van der Waals surface area contributed by atoms with Crippen LogP contribution in [-0.2, 0) is 17.5 Å². The Morgan fingerprint density at radius 1 is 1.39 bits per heavy atom. The quantitative estimate of drug-likeness (QED) is 0.730. The van der Waals surface area contributed by atoms with Crippen molar-refractivity contribution in [2.45, 2.75) is 26.1 Å². The fourth-order valence-electron chi connectivity index (χ4n) is 1.39. The van der Waals surface area contributed by atoms with Crippen LogP contribution in [0.2, 0.25) is 0 Å². The van der Waals surface area contributed by atoms with E-state index in [-0.39, 0.29) is 0 Å². The molecule has 1 aromatic heterocycles. The van der Waals surface area contributed by atoms with Crippen LogP contribution in [0.25, 0.3) is 0 Å². The van der Waals surface area contributed by atoms with E-state index in [1.165, 1.54) is 4.68 Å². The molecule has 0 unspecified atom stereocenters. The second-order valence-corrected chi connectivity index (χ2v) is 3.79. The van der Waals surface area contributed by atoms with Gasteiger partial charge in [-0.2, -0.15) is 18.3 Å². The third-order valence-electron chi connectivity index (χ3n) is 2.32. The van der Waals surface area contributed by atoms with Crippen LogP contribution in [0, 0.1) is 0 Å². The van der Waals surface area contributed by atoms with Gasteiger partial charge in [0.25, 0.3) is 0 Å². The average molecular weight is 265 g/mol. The Morgan fingerprint density at radius 3 is 2.78 bits per heavy atom. The molecule has 0 amide bonds. The standard InChI is InChI=1S/C11H18F3N3O/c1-2-18-7-3-4-15-5-6-17-9-10(8-16-17)11(12,13)14/h8-9,15H,2-7H2,1H3. The van der Waals surface area contributed by atoms with Crippen molar-refractivity contribution in [3.8, 4) is 0 Å². The van der Waals surface area contributed by atoms with E-state index in [0.717, 1.165) is 25.4 Å². The molecule has 0 saturated heterocycles. The summed E-state index contributed by atoms with van der Waals surface area (Å²) in [6, 6.07) is 0. The molecular weight excluding hydrogens is 247 g/mol. The number of rotatable bonds is 8. The Bertz CT molecular complexity index is 339. The van der Waals surface area contributed by atoms with Gasteiger partial charge in [-0.05, 0) is 19.9 Å². The van der Waals surface area contributed by atoms with Gasteiger partial charge in [0.1, 0.15) is 0 Å². The van der Waals surface area contributed by atoms with Crippen molar-refractivity contribution in [1.82, 2.24) is 15.1 Å². The van der Waals surface area contributed by atoms with Crippen LogP contribution in [0.1, 0.15) is 18.9 Å². The van der Waals surface area contributed by atoms with E-state index in [1.54, 1.807) is 0 Å². The highest BCUT2D eigenvalue weighted by molar-refractivity contribution is 5.08. The van der Waals surface area contributed by atoms with E-state index in [2.05, 4.69) is 10.4 Å². The fourth-order valence-corrected chi connectivity index (χ4v) is 1.39. The molecule has 0 aliphatic carbocycles. The summed E-state index contributed by atoms with van der Waals surface area (Å²) in [5.41, 5.74) is -0.709. The summed E-state index contributed by atoms with van der Waals surface area (Å²) in [6.45, 7) is 5.13. The van der Waals surface area contributed by atoms with E-state index < -0.39 is 11.7 Å². The van der Waals surface area contributed by atoms with Crippen LogP contribution in [-0.4, -0.2) is 36.1 Å². The van der Waals surface area contributed by atoms with Crippen molar-refractivity contribution in [1.29, 1.82) is 0 Å². The lowest BCUT2D eigenvalue weighted by Crippen LogP contribution is -2.22. The third-order valence-corrected chi connectivity index (χ3v) is 2.32. The maximum Gasteiger partial charge on any atom is 0.419 e. The third kappa shape index (κ3) is 5.50. The highest BCUT2D eigenvalue weighted by Gasteiger charge is 2.31. The minimum absolute atomic E-state index is 0.421. The predicted molar refractivity (Wildman–Crippen MR) is 61.2 cm³/mol. The molecule has 1 N–H and O–H groups in total. The van der Waals surface area contributed by atoms with Crippen LogP contribution in [0.5, 0.6) is 0 Å². The molecule has 4 nitrogen and oxygen atoms in total. The maximum atomic E-state index is 12.3. The number of ether oxygens (including phenoxy) is 1. The number of alkyl halides is 3. The Hall–Kier alpha value is -1.08. The topological polar surface area (TPSA) is 39.1 Å². The van der Waals surface area contributed by atoms with Crippen molar-refractivity contribution in [2.75, 3.05) is 26.3 Å². The van der Waals surface area contributed by atoms with E-state index in [9.17, 15) is 13.2 Å². The van der Waals surface area contributed by atoms with Crippen molar-refractivity contribution in [3.63, 3.8) is 0 Å². The second kappa shape index (κ2) is 7.38. The largest absolute Gasteiger partial charge is 0.419 e.